The fourth-order valence-electron chi connectivity index (χ4n) is 1.98. The van der Waals surface area contributed by atoms with Crippen molar-refractivity contribution in [3.8, 4) is 6.07 Å². The molecular formula is C9H13NS. The minimum absolute atomic E-state index is 0.116. The molecule has 2 aliphatic rings. The predicted octanol–water partition coefficient (Wildman–Crippen LogP) is 2.43. The Kier molecular flexibility index (Phi) is 1.85. The highest BCUT2D eigenvalue weighted by Gasteiger charge is 2.45. The van der Waals surface area contributed by atoms with Gasteiger partial charge in [0.15, 0.2) is 0 Å². The van der Waals surface area contributed by atoms with E-state index >= 15 is 0 Å². The lowest BCUT2D eigenvalue weighted by molar-refractivity contribution is 0.312. The van der Waals surface area contributed by atoms with Crippen LogP contribution in [-0.2, 0) is 0 Å². The van der Waals surface area contributed by atoms with Gasteiger partial charge < -0.3 is 0 Å². The van der Waals surface area contributed by atoms with Gasteiger partial charge in [0.05, 0.1) is 11.5 Å². The van der Waals surface area contributed by atoms with Gasteiger partial charge in [-0.1, -0.05) is 0 Å². The van der Waals surface area contributed by atoms with Crippen molar-refractivity contribution in [2.75, 3.05) is 11.5 Å². The van der Waals surface area contributed by atoms with Crippen LogP contribution in [-0.4, -0.2) is 11.5 Å². The molecule has 1 heterocycles. The summed E-state index contributed by atoms with van der Waals surface area (Å²) in [5, 5.41) is 9.09. The summed E-state index contributed by atoms with van der Waals surface area (Å²) in [7, 11) is 0. The highest BCUT2D eigenvalue weighted by atomic mass is 32.2. The fraction of sp³-hybridized carbons (Fsp3) is 0.889. The monoisotopic (exact) mass is 167 g/mol. The van der Waals surface area contributed by atoms with Gasteiger partial charge in [-0.2, -0.15) is 17.0 Å². The first-order valence-corrected chi connectivity index (χ1v) is 5.52. The summed E-state index contributed by atoms with van der Waals surface area (Å²) in [6.45, 7) is 0. The number of nitriles is 1. The Bertz CT molecular complexity index is 184. The van der Waals surface area contributed by atoms with Crippen molar-refractivity contribution in [3.05, 3.63) is 0 Å². The predicted molar refractivity (Wildman–Crippen MR) is 47.3 cm³/mol. The molecule has 1 nitrogen and oxygen atoms in total. The average Bonchev–Trinajstić information content (AvgIpc) is 2.88. The second-order valence-electron chi connectivity index (χ2n) is 3.65. The lowest BCUT2D eigenvalue weighted by atomic mass is 9.79. The van der Waals surface area contributed by atoms with Crippen molar-refractivity contribution in [2.45, 2.75) is 25.7 Å². The van der Waals surface area contributed by atoms with E-state index in [4.69, 9.17) is 5.26 Å². The van der Waals surface area contributed by atoms with Crippen LogP contribution < -0.4 is 0 Å². The number of nitrogens with zero attached hydrogens (tertiary/aromatic N) is 1. The molecule has 1 aliphatic carbocycles. The molecule has 0 spiro atoms. The van der Waals surface area contributed by atoms with Crippen LogP contribution >= 0.6 is 11.8 Å². The van der Waals surface area contributed by atoms with Crippen molar-refractivity contribution >= 4 is 11.8 Å². The Morgan fingerprint density at radius 2 is 1.91 bits per heavy atom. The summed E-state index contributed by atoms with van der Waals surface area (Å²) in [5.74, 6) is 3.20. The zero-order valence-electron chi connectivity index (χ0n) is 6.68. The van der Waals surface area contributed by atoms with Crippen LogP contribution in [0.25, 0.3) is 0 Å². The molecular weight excluding hydrogens is 154 g/mol. The molecule has 11 heavy (non-hydrogen) atoms. The zero-order valence-corrected chi connectivity index (χ0v) is 7.49. The highest BCUT2D eigenvalue weighted by Crippen LogP contribution is 2.52. The average molecular weight is 167 g/mol. The molecule has 0 unspecified atom stereocenters. The molecule has 0 aromatic carbocycles. The first-order chi connectivity index (χ1) is 5.37. The number of hydrogen-bond donors (Lipinski definition) is 0. The maximum atomic E-state index is 9.09. The Balaban J connectivity index is 2.08. The molecule has 2 fully saturated rings. The van der Waals surface area contributed by atoms with Crippen LogP contribution in [0, 0.1) is 22.7 Å². The SMILES string of the molecule is N#CC1(C2CC2)CCSCC1. The van der Waals surface area contributed by atoms with Gasteiger partial charge in [-0.25, -0.2) is 0 Å². The molecule has 60 valence electrons. The maximum Gasteiger partial charge on any atom is 0.0693 e. The minimum Gasteiger partial charge on any atom is -0.198 e. The van der Waals surface area contributed by atoms with E-state index in [2.05, 4.69) is 6.07 Å². The fourth-order valence-corrected chi connectivity index (χ4v) is 3.20. The van der Waals surface area contributed by atoms with Gasteiger partial charge in [0.2, 0.25) is 0 Å². The number of rotatable bonds is 1. The molecule has 1 saturated carbocycles. The number of hydrogen-bond acceptors (Lipinski definition) is 2. The van der Waals surface area contributed by atoms with Gasteiger partial charge in [0, 0.05) is 0 Å². The zero-order chi connectivity index (χ0) is 7.73. The van der Waals surface area contributed by atoms with Crippen LogP contribution in [0.1, 0.15) is 25.7 Å². The quantitative estimate of drug-likeness (QED) is 0.599. The molecule has 1 aliphatic heterocycles. The van der Waals surface area contributed by atoms with Crippen LogP contribution in [0.3, 0.4) is 0 Å². The summed E-state index contributed by atoms with van der Waals surface area (Å²) in [4.78, 5) is 0. The Hall–Kier alpha value is -0.160. The van der Waals surface area contributed by atoms with E-state index in [1.807, 2.05) is 11.8 Å². The van der Waals surface area contributed by atoms with Crippen LogP contribution in [0.4, 0.5) is 0 Å². The molecule has 0 aromatic rings. The molecule has 1 saturated heterocycles. The maximum absolute atomic E-state index is 9.09. The largest absolute Gasteiger partial charge is 0.198 e. The lowest BCUT2D eigenvalue weighted by Crippen LogP contribution is -2.26. The number of thioether (sulfide) groups is 1. The third-order valence-electron chi connectivity index (χ3n) is 2.97. The smallest absolute Gasteiger partial charge is 0.0693 e. The van der Waals surface area contributed by atoms with E-state index in [-0.39, 0.29) is 5.41 Å². The van der Waals surface area contributed by atoms with Gasteiger partial charge in [0.1, 0.15) is 0 Å². The summed E-state index contributed by atoms with van der Waals surface area (Å²) in [6, 6.07) is 2.57. The standard InChI is InChI=1S/C9H13NS/c10-7-9(8-1-2-8)3-5-11-6-4-9/h8H,1-6H2. The third kappa shape index (κ3) is 1.27. The highest BCUT2D eigenvalue weighted by molar-refractivity contribution is 7.99. The van der Waals surface area contributed by atoms with E-state index in [0.29, 0.717) is 0 Å². The van der Waals surface area contributed by atoms with Gasteiger partial charge in [-0.15, -0.1) is 0 Å². The van der Waals surface area contributed by atoms with Crippen molar-refractivity contribution in [1.29, 1.82) is 5.26 Å². The second-order valence-corrected chi connectivity index (χ2v) is 4.88. The molecule has 2 rings (SSSR count). The topological polar surface area (TPSA) is 23.8 Å². The minimum atomic E-state index is 0.116. The van der Waals surface area contributed by atoms with Crippen LogP contribution in [0.15, 0.2) is 0 Å². The first kappa shape index (κ1) is 7.49. The van der Waals surface area contributed by atoms with Crippen molar-refractivity contribution < 1.29 is 0 Å². The summed E-state index contributed by atoms with van der Waals surface area (Å²) in [5.41, 5.74) is 0.116. The van der Waals surface area contributed by atoms with E-state index < -0.39 is 0 Å². The molecule has 0 aromatic heterocycles. The Labute approximate surface area is 72.2 Å². The first-order valence-electron chi connectivity index (χ1n) is 4.36. The van der Waals surface area contributed by atoms with Gasteiger partial charge >= 0.3 is 0 Å². The van der Waals surface area contributed by atoms with Gasteiger partial charge in [0.25, 0.3) is 0 Å². The Morgan fingerprint density at radius 3 is 2.36 bits per heavy atom. The second kappa shape index (κ2) is 2.71. The summed E-state index contributed by atoms with van der Waals surface area (Å²) < 4.78 is 0. The van der Waals surface area contributed by atoms with Crippen molar-refractivity contribution in [1.82, 2.24) is 0 Å². The van der Waals surface area contributed by atoms with Crippen LogP contribution in [0.5, 0.6) is 0 Å². The van der Waals surface area contributed by atoms with Crippen molar-refractivity contribution in [3.63, 3.8) is 0 Å². The molecule has 0 atom stereocenters. The third-order valence-corrected chi connectivity index (χ3v) is 3.95. The van der Waals surface area contributed by atoms with E-state index in [9.17, 15) is 0 Å². The van der Waals surface area contributed by atoms with Crippen LogP contribution in [0.2, 0.25) is 0 Å². The molecule has 2 heteroatoms. The van der Waals surface area contributed by atoms with E-state index in [0.717, 1.165) is 18.8 Å². The molecule has 0 amide bonds. The van der Waals surface area contributed by atoms with Crippen molar-refractivity contribution in [2.24, 2.45) is 11.3 Å². The Morgan fingerprint density at radius 1 is 1.27 bits per heavy atom. The van der Waals surface area contributed by atoms with E-state index in [1.54, 1.807) is 0 Å². The van der Waals surface area contributed by atoms with Gasteiger partial charge in [-0.05, 0) is 43.1 Å². The molecule has 0 bridgehead atoms. The van der Waals surface area contributed by atoms with E-state index in [1.165, 1.54) is 24.3 Å². The summed E-state index contributed by atoms with van der Waals surface area (Å²) in [6.07, 6.45) is 4.94. The van der Waals surface area contributed by atoms with Gasteiger partial charge in [-0.3, -0.25) is 0 Å². The molecule has 0 radical (unpaired) electrons. The lowest BCUT2D eigenvalue weighted by Gasteiger charge is -2.30. The normalized spacial score (nSPS) is 29.4. The molecule has 0 N–H and O–H groups in total. The summed E-state index contributed by atoms with van der Waals surface area (Å²) >= 11 is 2.01.